The van der Waals surface area contributed by atoms with Gasteiger partial charge in [0.2, 0.25) is 17.7 Å². The van der Waals surface area contributed by atoms with Gasteiger partial charge in [-0.3, -0.25) is 23.6 Å². The van der Waals surface area contributed by atoms with Crippen LogP contribution in [0.25, 0.3) is 4.96 Å². The van der Waals surface area contributed by atoms with E-state index in [2.05, 4.69) is 15.6 Å². The number of nitrogens with zero attached hydrogens (tertiary/aromatic N) is 4. The maximum Gasteiger partial charge on any atom is 0.274 e. The molecule has 3 aliphatic heterocycles. The molecule has 4 amide bonds. The molecule has 0 aliphatic carbocycles. The van der Waals surface area contributed by atoms with Gasteiger partial charge in [-0.1, -0.05) is 30.3 Å². The van der Waals surface area contributed by atoms with Gasteiger partial charge < -0.3 is 20.4 Å². The second kappa shape index (κ2) is 11.6. The zero-order valence-corrected chi connectivity index (χ0v) is 24.0. The number of thiazole rings is 1. The van der Waals surface area contributed by atoms with E-state index in [-0.39, 0.29) is 47.9 Å². The van der Waals surface area contributed by atoms with Crippen LogP contribution in [-0.4, -0.2) is 80.6 Å². The molecule has 10 nitrogen and oxygen atoms in total. The predicted molar refractivity (Wildman–Crippen MR) is 154 cm³/mol. The fourth-order valence-electron chi connectivity index (χ4n) is 6.72. The number of carbonyl (C=O) groups is 4. The molecule has 3 saturated heterocycles. The molecule has 1 aromatic carbocycles. The summed E-state index contributed by atoms with van der Waals surface area (Å²) < 4.78 is 1.86. The van der Waals surface area contributed by atoms with Gasteiger partial charge in [-0.2, -0.15) is 0 Å². The Balaban J connectivity index is 1.16. The van der Waals surface area contributed by atoms with Crippen molar-refractivity contribution in [2.45, 2.75) is 63.6 Å². The van der Waals surface area contributed by atoms with Crippen molar-refractivity contribution in [2.24, 2.45) is 11.8 Å². The molecule has 3 aromatic rings. The average Bonchev–Trinajstić information content (AvgIpc) is 3.58. The summed E-state index contributed by atoms with van der Waals surface area (Å²) in [6, 6.07) is 8.34. The van der Waals surface area contributed by atoms with E-state index < -0.39 is 12.1 Å². The molecule has 216 valence electrons. The van der Waals surface area contributed by atoms with Crippen molar-refractivity contribution >= 4 is 39.9 Å². The lowest BCUT2D eigenvalue weighted by atomic mass is 9.77. The number of nitrogens with one attached hydrogen (secondary N) is 2. The van der Waals surface area contributed by atoms with Crippen LogP contribution in [0.4, 0.5) is 0 Å². The number of imidazole rings is 1. The quantitative estimate of drug-likeness (QED) is 0.495. The molecule has 2 N–H and O–H groups in total. The lowest BCUT2D eigenvalue weighted by Crippen LogP contribution is -2.63. The minimum Gasteiger partial charge on any atom is -0.344 e. The molecule has 5 atom stereocenters. The van der Waals surface area contributed by atoms with Crippen molar-refractivity contribution in [3.8, 4) is 0 Å². The first-order valence-corrected chi connectivity index (χ1v) is 15.4. The lowest BCUT2D eigenvalue weighted by molar-refractivity contribution is -0.145. The van der Waals surface area contributed by atoms with E-state index in [4.69, 9.17) is 0 Å². The highest BCUT2D eigenvalue weighted by Gasteiger charge is 2.45. The van der Waals surface area contributed by atoms with E-state index in [1.807, 2.05) is 56.1 Å². The third kappa shape index (κ3) is 5.86. The van der Waals surface area contributed by atoms with Crippen LogP contribution < -0.4 is 10.6 Å². The van der Waals surface area contributed by atoms with Gasteiger partial charge in [-0.25, -0.2) is 4.98 Å². The van der Waals surface area contributed by atoms with Crippen LogP contribution in [0.15, 0.2) is 48.1 Å². The first-order valence-electron chi connectivity index (χ1n) is 14.5. The number of aromatic nitrogens is 2. The highest BCUT2D eigenvalue weighted by molar-refractivity contribution is 7.15. The van der Waals surface area contributed by atoms with Crippen LogP contribution in [-0.2, 0) is 20.8 Å². The van der Waals surface area contributed by atoms with Crippen LogP contribution in [0, 0.1) is 11.8 Å². The molecule has 2 aromatic heterocycles. The van der Waals surface area contributed by atoms with Crippen LogP contribution in [0.2, 0.25) is 0 Å². The summed E-state index contributed by atoms with van der Waals surface area (Å²) in [5, 5.41) is 7.75. The summed E-state index contributed by atoms with van der Waals surface area (Å²) in [5.41, 5.74) is 1.53. The van der Waals surface area contributed by atoms with Gasteiger partial charge >= 0.3 is 0 Å². The smallest absolute Gasteiger partial charge is 0.274 e. The van der Waals surface area contributed by atoms with Crippen molar-refractivity contribution in [1.82, 2.24) is 29.8 Å². The van der Waals surface area contributed by atoms with Crippen molar-refractivity contribution in [3.63, 3.8) is 0 Å². The number of hydrogen-bond donors (Lipinski definition) is 2. The van der Waals surface area contributed by atoms with Crippen LogP contribution in [0.5, 0.6) is 0 Å². The predicted octanol–water partition coefficient (Wildman–Crippen LogP) is 2.49. The number of amides is 4. The van der Waals surface area contributed by atoms with Gasteiger partial charge in [0.25, 0.3) is 5.91 Å². The number of likely N-dealkylation sites (tertiary alicyclic amines) is 1. The van der Waals surface area contributed by atoms with E-state index in [0.717, 1.165) is 16.9 Å². The Labute approximate surface area is 243 Å². The van der Waals surface area contributed by atoms with Crippen LogP contribution in [0.3, 0.4) is 0 Å². The zero-order chi connectivity index (χ0) is 28.5. The second-order valence-electron chi connectivity index (χ2n) is 11.6. The molecule has 3 fully saturated rings. The Hall–Kier alpha value is -3.73. The Bertz CT molecular complexity index is 1410. The topological polar surface area (TPSA) is 116 Å². The molecule has 41 heavy (non-hydrogen) atoms. The highest BCUT2D eigenvalue weighted by atomic mass is 32.1. The van der Waals surface area contributed by atoms with Crippen LogP contribution >= 0.6 is 11.3 Å². The second-order valence-corrected chi connectivity index (χ2v) is 12.5. The minimum atomic E-state index is -0.712. The summed E-state index contributed by atoms with van der Waals surface area (Å²) in [6.45, 7) is 3.38. The minimum absolute atomic E-state index is 0.0786. The molecule has 0 saturated carbocycles. The third-order valence-electron chi connectivity index (χ3n) is 8.70. The number of aryl methyl sites for hydroxylation is 1. The van der Waals surface area contributed by atoms with E-state index in [1.165, 1.54) is 11.3 Å². The van der Waals surface area contributed by atoms with Crippen LogP contribution in [0.1, 0.15) is 55.1 Å². The molecule has 11 heteroatoms. The number of carbonyl (C=O) groups excluding carboxylic acids is 4. The standard InChI is InChI=1S/C30H36N6O4S/c1-19-28(39)36-16-21-14-22(17-35(15-21)29(40)24-18-34-12-13-41-30(34)33-24)25(36)8-5-9-26(37)32-23(27(38)31-19)11-10-20-6-3-2-4-7-20/h2-4,6-7,12-13,18-19,21-23,25H,5,8-11,14-17H2,1H3,(H,31,38)(H,32,37)/t19-,21+,22-,23+,25+/m1/s1. The van der Waals surface area contributed by atoms with E-state index in [9.17, 15) is 19.2 Å². The Morgan fingerprint density at radius 2 is 1.93 bits per heavy atom. The third-order valence-corrected chi connectivity index (χ3v) is 9.47. The molecule has 6 rings (SSSR count). The Morgan fingerprint density at radius 3 is 2.73 bits per heavy atom. The molecular weight excluding hydrogens is 540 g/mol. The highest BCUT2D eigenvalue weighted by Crippen LogP contribution is 2.36. The largest absolute Gasteiger partial charge is 0.344 e. The molecule has 5 heterocycles. The molecule has 0 spiro atoms. The van der Waals surface area contributed by atoms with Crippen molar-refractivity contribution < 1.29 is 19.2 Å². The van der Waals surface area contributed by atoms with Crippen molar-refractivity contribution in [2.75, 3.05) is 19.6 Å². The lowest BCUT2D eigenvalue weighted by Gasteiger charge is -2.51. The molecule has 3 aliphatic rings. The average molecular weight is 577 g/mol. The fourth-order valence-corrected chi connectivity index (χ4v) is 7.42. The Kier molecular flexibility index (Phi) is 7.79. The first kappa shape index (κ1) is 27.4. The van der Waals surface area contributed by atoms with E-state index in [0.29, 0.717) is 51.0 Å². The molecular formula is C30H36N6O4S. The van der Waals surface area contributed by atoms with Crippen molar-refractivity contribution in [1.29, 1.82) is 0 Å². The number of hydrogen-bond acceptors (Lipinski definition) is 6. The summed E-state index contributed by atoms with van der Waals surface area (Å²) >= 11 is 1.49. The van der Waals surface area contributed by atoms with E-state index in [1.54, 1.807) is 13.1 Å². The Morgan fingerprint density at radius 1 is 1.10 bits per heavy atom. The summed E-state index contributed by atoms with van der Waals surface area (Å²) in [5.74, 6) is -0.406. The summed E-state index contributed by atoms with van der Waals surface area (Å²) in [4.78, 5) is 62.4. The summed E-state index contributed by atoms with van der Waals surface area (Å²) in [7, 11) is 0. The zero-order valence-electron chi connectivity index (χ0n) is 23.2. The maximum atomic E-state index is 13.8. The number of rotatable bonds is 4. The monoisotopic (exact) mass is 576 g/mol. The maximum absolute atomic E-state index is 13.8. The number of piperidine rings is 2. The van der Waals surface area contributed by atoms with Crippen molar-refractivity contribution in [3.05, 3.63) is 59.4 Å². The number of fused-ring (bicyclic) bond motifs is 5. The number of benzene rings is 1. The van der Waals surface area contributed by atoms with Gasteiger partial charge in [0.15, 0.2) is 4.96 Å². The molecule has 0 unspecified atom stereocenters. The summed E-state index contributed by atoms with van der Waals surface area (Å²) in [6.07, 6.45) is 7.27. The van der Waals surface area contributed by atoms with Gasteiger partial charge in [-0.15, -0.1) is 11.3 Å². The SMILES string of the molecule is C[C@H]1NC(=O)[C@H](CCc2ccccc2)NC(=O)CCC[C@H]2[C@@H]3C[C@@H](CN(C(=O)c4cn5ccsc5n4)C3)CN2C1=O. The normalized spacial score (nSPS) is 27.4. The van der Waals surface area contributed by atoms with Gasteiger partial charge in [0.05, 0.1) is 0 Å². The van der Waals surface area contributed by atoms with E-state index >= 15 is 0 Å². The first-order chi connectivity index (χ1) is 19.9. The molecule has 2 bridgehead atoms. The van der Waals surface area contributed by atoms with Gasteiger partial charge in [0.1, 0.15) is 17.8 Å². The molecule has 0 radical (unpaired) electrons. The van der Waals surface area contributed by atoms with Gasteiger partial charge in [-0.05, 0) is 56.4 Å². The van der Waals surface area contributed by atoms with Gasteiger partial charge in [0, 0.05) is 49.9 Å². The fraction of sp³-hybridized carbons (Fsp3) is 0.500.